The molecule has 7 nitrogen and oxygen atoms in total. The molecule has 3 aromatic heterocycles. The van der Waals surface area contributed by atoms with E-state index >= 15 is 0 Å². The number of hydrogen-bond donors (Lipinski definition) is 0. The molecule has 0 aliphatic carbocycles. The molecule has 0 unspecified atom stereocenters. The SMILES string of the molecule is CCCCCCc1ccc(-c2nc(-c3ncc(-c4c(C)cc(C)cc4C)cn3)nc(-c3ncc(-c4c(C)cc(C)cc4C)cn3)n2)cc1. The highest BCUT2D eigenvalue weighted by atomic mass is 15.1. The molecule has 0 N–H and O–H groups in total. The molecule has 0 radical (unpaired) electrons. The predicted octanol–water partition coefficient (Wildman–Crippen LogP) is 9.76. The lowest BCUT2D eigenvalue weighted by atomic mass is 9.96. The van der Waals surface area contributed by atoms with Crippen molar-refractivity contribution in [3.63, 3.8) is 0 Å². The molecular weight excluding hydrogens is 591 g/mol. The van der Waals surface area contributed by atoms with E-state index < -0.39 is 0 Å². The van der Waals surface area contributed by atoms with Crippen LogP contribution in [0.1, 0.15) is 71.6 Å². The van der Waals surface area contributed by atoms with Crippen molar-refractivity contribution in [2.24, 2.45) is 0 Å². The fourth-order valence-electron chi connectivity index (χ4n) is 6.70. The first-order valence-electron chi connectivity index (χ1n) is 16.9. The van der Waals surface area contributed by atoms with Gasteiger partial charge in [-0.25, -0.2) is 34.9 Å². The van der Waals surface area contributed by atoms with Gasteiger partial charge in [0.1, 0.15) is 0 Å². The Labute approximate surface area is 284 Å². The molecule has 48 heavy (non-hydrogen) atoms. The third-order valence-electron chi connectivity index (χ3n) is 8.80. The summed E-state index contributed by atoms with van der Waals surface area (Å²) in [5.74, 6) is 2.12. The van der Waals surface area contributed by atoms with Crippen LogP contribution < -0.4 is 0 Å². The number of rotatable bonds is 10. The third kappa shape index (κ3) is 7.20. The van der Waals surface area contributed by atoms with E-state index in [1.165, 1.54) is 64.6 Å². The van der Waals surface area contributed by atoms with Crippen LogP contribution in [-0.2, 0) is 6.42 Å². The van der Waals surface area contributed by atoms with Crippen LogP contribution in [0.25, 0.3) is 56.9 Å². The van der Waals surface area contributed by atoms with Crippen LogP contribution in [0.15, 0.2) is 73.3 Å². The van der Waals surface area contributed by atoms with E-state index in [0.717, 1.165) is 34.2 Å². The van der Waals surface area contributed by atoms with Crippen molar-refractivity contribution in [1.82, 2.24) is 34.9 Å². The van der Waals surface area contributed by atoms with E-state index in [1.54, 1.807) is 0 Å². The summed E-state index contributed by atoms with van der Waals surface area (Å²) in [5.41, 5.74) is 13.7. The summed E-state index contributed by atoms with van der Waals surface area (Å²) < 4.78 is 0. The summed E-state index contributed by atoms with van der Waals surface area (Å²) in [6, 6.07) is 17.2. The van der Waals surface area contributed by atoms with Gasteiger partial charge in [0, 0.05) is 41.5 Å². The standard InChI is InChI=1S/C41H43N7/c1-8-9-10-11-12-31-13-15-32(16-14-31)37-46-40(38-42-21-33(22-43-38)35-27(4)17-25(2)18-28(35)5)48-41(47-37)39-44-23-34(24-45-39)36-29(6)19-26(3)20-30(36)7/h13-24H,8-12H2,1-7H3. The van der Waals surface area contributed by atoms with Gasteiger partial charge in [-0.1, -0.05) is 85.8 Å². The molecular formula is C41H43N7. The van der Waals surface area contributed by atoms with Crippen molar-refractivity contribution in [3.8, 4) is 56.9 Å². The second-order valence-electron chi connectivity index (χ2n) is 13.0. The van der Waals surface area contributed by atoms with Gasteiger partial charge < -0.3 is 0 Å². The van der Waals surface area contributed by atoms with Crippen molar-refractivity contribution in [2.45, 2.75) is 80.6 Å². The number of nitrogens with zero attached hydrogens (tertiary/aromatic N) is 7. The highest BCUT2D eigenvalue weighted by Crippen LogP contribution is 2.30. The summed E-state index contributed by atoms with van der Waals surface area (Å²) in [7, 11) is 0. The molecule has 0 aliphatic rings. The van der Waals surface area contributed by atoms with E-state index in [0.29, 0.717) is 29.1 Å². The average molecular weight is 634 g/mol. The quantitative estimate of drug-likeness (QED) is 0.139. The summed E-state index contributed by atoms with van der Waals surface area (Å²) in [6.07, 6.45) is 13.4. The molecule has 0 atom stereocenters. The van der Waals surface area contributed by atoms with Crippen molar-refractivity contribution in [1.29, 1.82) is 0 Å². The summed E-state index contributed by atoms with van der Waals surface area (Å²) in [6.45, 7) is 15.0. The van der Waals surface area contributed by atoms with Crippen molar-refractivity contribution >= 4 is 0 Å². The minimum atomic E-state index is 0.375. The Hall–Kier alpha value is -5.17. The Kier molecular flexibility index (Phi) is 9.76. The van der Waals surface area contributed by atoms with E-state index in [1.807, 2.05) is 24.8 Å². The zero-order valence-electron chi connectivity index (χ0n) is 29.1. The second-order valence-corrected chi connectivity index (χ2v) is 13.0. The first-order valence-corrected chi connectivity index (χ1v) is 16.9. The molecule has 0 aliphatic heterocycles. The normalized spacial score (nSPS) is 11.2. The van der Waals surface area contributed by atoms with E-state index in [2.05, 4.69) is 97.0 Å². The molecule has 0 bridgehead atoms. The molecule has 0 fully saturated rings. The Morgan fingerprint density at radius 3 is 1.27 bits per heavy atom. The second kappa shape index (κ2) is 14.3. The van der Waals surface area contributed by atoms with Gasteiger partial charge >= 0.3 is 0 Å². The van der Waals surface area contributed by atoms with Gasteiger partial charge in [-0.3, -0.25) is 0 Å². The Morgan fingerprint density at radius 1 is 0.438 bits per heavy atom. The van der Waals surface area contributed by atoms with E-state index in [-0.39, 0.29) is 0 Å². The molecule has 6 aromatic rings. The number of unbranched alkanes of at least 4 members (excludes halogenated alkanes) is 3. The van der Waals surface area contributed by atoms with Crippen molar-refractivity contribution in [3.05, 3.63) is 112 Å². The van der Waals surface area contributed by atoms with Gasteiger partial charge in [0.25, 0.3) is 0 Å². The van der Waals surface area contributed by atoms with Crippen LogP contribution in [0, 0.1) is 41.5 Å². The van der Waals surface area contributed by atoms with Crippen LogP contribution in [-0.4, -0.2) is 34.9 Å². The van der Waals surface area contributed by atoms with Crippen LogP contribution in [0.5, 0.6) is 0 Å². The van der Waals surface area contributed by atoms with Crippen molar-refractivity contribution in [2.75, 3.05) is 0 Å². The number of aromatic nitrogens is 7. The van der Waals surface area contributed by atoms with Gasteiger partial charge in [0.2, 0.25) is 11.6 Å². The molecule has 3 aromatic carbocycles. The van der Waals surface area contributed by atoms with E-state index in [9.17, 15) is 0 Å². The summed E-state index contributed by atoms with van der Waals surface area (Å²) >= 11 is 0. The maximum absolute atomic E-state index is 4.86. The van der Waals surface area contributed by atoms with Gasteiger partial charge in [0.05, 0.1) is 0 Å². The van der Waals surface area contributed by atoms with Gasteiger partial charge in [-0.15, -0.1) is 0 Å². The number of benzene rings is 3. The summed E-state index contributed by atoms with van der Waals surface area (Å²) in [4.78, 5) is 33.5. The zero-order valence-corrected chi connectivity index (χ0v) is 29.1. The highest BCUT2D eigenvalue weighted by Gasteiger charge is 2.17. The topological polar surface area (TPSA) is 90.2 Å². The maximum Gasteiger partial charge on any atom is 0.201 e. The lowest BCUT2D eigenvalue weighted by Crippen LogP contribution is -2.04. The first kappa shape index (κ1) is 32.8. The van der Waals surface area contributed by atoms with Crippen LogP contribution >= 0.6 is 0 Å². The molecule has 0 saturated carbocycles. The third-order valence-corrected chi connectivity index (χ3v) is 8.80. The molecule has 3 heterocycles. The molecule has 242 valence electrons. The predicted molar refractivity (Wildman–Crippen MR) is 194 cm³/mol. The molecule has 6 rings (SSSR count). The highest BCUT2D eigenvalue weighted by molar-refractivity contribution is 5.72. The van der Waals surface area contributed by atoms with Gasteiger partial charge in [-0.2, -0.15) is 0 Å². The average Bonchev–Trinajstić information content (AvgIpc) is 3.06. The Morgan fingerprint density at radius 2 is 0.854 bits per heavy atom. The van der Waals surface area contributed by atoms with Crippen LogP contribution in [0.2, 0.25) is 0 Å². The lowest BCUT2D eigenvalue weighted by molar-refractivity contribution is 0.667. The molecule has 0 saturated heterocycles. The molecule has 0 spiro atoms. The van der Waals surface area contributed by atoms with Gasteiger partial charge in [-0.05, 0) is 93.3 Å². The number of hydrogen-bond acceptors (Lipinski definition) is 7. The Bertz CT molecular complexity index is 1880. The lowest BCUT2D eigenvalue weighted by Gasteiger charge is -2.12. The first-order chi connectivity index (χ1) is 23.2. The maximum atomic E-state index is 4.86. The molecule has 7 heteroatoms. The van der Waals surface area contributed by atoms with Crippen LogP contribution in [0.3, 0.4) is 0 Å². The minimum Gasteiger partial charge on any atom is -0.233 e. The molecule has 0 amide bonds. The zero-order chi connectivity index (χ0) is 33.8. The summed E-state index contributed by atoms with van der Waals surface area (Å²) in [5, 5.41) is 0. The van der Waals surface area contributed by atoms with Crippen LogP contribution in [0.4, 0.5) is 0 Å². The number of aryl methyl sites for hydroxylation is 7. The largest absolute Gasteiger partial charge is 0.233 e. The Balaban J connectivity index is 1.38. The minimum absolute atomic E-state index is 0.375. The van der Waals surface area contributed by atoms with Gasteiger partial charge in [0.15, 0.2) is 17.5 Å². The van der Waals surface area contributed by atoms with Crippen molar-refractivity contribution < 1.29 is 0 Å². The fourth-order valence-corrected chi connectivity index (χ4v) is 6.70. The fraction of sp³-hybridized carbons (Fsp3) is 0.293. The smallest absolute Gasteiger partial charge is 0.201 e. The van der Waals surface area contributed by atoms with E-state index in [4.69, 9.17) is 34.9 Å². The monoisotopic (exact) mass is 633 g/mol.